The molecule has 0 aliphatic heterocycles. The van der Waals surface area contributed by atoms with E-state index in [4.69, 9.17) is 19.5 Å². The number of likely N-dealkylation sites (N-methyl/N-ethyl adjacent to an activating group) is 3. The van der Waals surface area contributed by atoms with E-state index in [2.05, 4.69) is 293 Å². The van der Waals surface area contributed by atoms with Crippen molar-refractivity contribution < 1.29 is 81.9 Å². The highest BCUT2D eigenvalue weighted by atomic mass is 127. The van der Waals surface area contributed by atoms with Crippen LogP contribution in [0.15, 0.2) is 158 Å². The second-order valence-corrected chi connectivity index (χ2v) is 29.5. The van der Waals surface area contributed by atoms with Crippen LogP contribution in [0, 0.1) is 53.3 Å². The molecule has 0 heterocycles. The summed E-state index contributed by atoms with van der Waals surface area (Å²) in [6.45, 7) is 41.2. The molecule has 10 atom stereocenters. The van der Waals surface area contributed by atoms with Gasteiger partial charge in [-0.1, -0.05) is 413 Å². The number of rotatable bonds is 41. The number of aliphatic hydroxyl groups is 1. The summed E-state index contributed by atoms with van der Waals surface area (Å²) >= 11 is 9.38. The molecule has 3 amide bonds. The third kappa shape index (κ3) is 123. The second-order valence-electron chi connectivity index (χ2n) is 25.4. The molecule has 0 saturated carbocycles. The van der Waals surface area contributed by atoms with Crippen LogP contribution in [-0.2, 0) is 28.8 Å². The molecule has 0 bridgehead atoms. The molecule has 16 heteroatoms. The van der Waals surface area contributed by atoms with E-state index < -0.39 is 0 Å². The number of amides is 3. The average Bonchev–Trinajstić information content (AvgIpc) is 1.10. The summed E-state index contributed by atoms with van der Waals surface area (Å²) in [7, 11) is 10.0. The minimum atomic E-state index is -0.176. The fourth-order valence-electron chi connectivity index (χ4n) is 6.68. The van der Waals surface area contributed by atoms with Gasteiger partial charge in [0.2, 0.25) is 11.8 Å². The summed E-state index contributed by atoms with van der Waals surface area (Å²) in [6.07, 6.45) is 72.6. The lowest BCUT2D eigenvalue weighted by Gasteiger charge is -2.09. The number of allylic oxidation sites excluding steroid dienone is 22. The lowest BCUT2D eigenvalue weighted by atomic mass is 10.0. The third-order valence-electron chi connectivity index (χ3n) is 14.9. The quantitative estimate of drug-likeness (QED) is 0.0123. The Balaban J connectivity index is -0.0000000921. The zero-order valence-electron chi connectivity index (χ0n) is 68.0. The Morgan fingerprint density at radius 1 is 0.441 bits per heavy atom. The van der Waals surface area contributed by atoms with Crippen LogP contribution in [-0.4, -0.2) is 110 Å². The standard InChI is InChI=1S/C18H29NO2.C16H26.C12H21NO.C11H18INO.C9H20.C6H13IO.C6H13I.C6H11I.CO2.CH4.2HI/c1-6-16(2)12-8-7-9-13-17(3)14-10-11-15-18(20)19(4)21-5;1-5-7-9-13-16(4)14-11-8-10-12-15(3)6-2;1-5-8-11(2)9-6-7-10-12(14)13(3)4;1-10(8-9-12)6-4-5-7-11(14)13(2)3;1-4-6-7-8-9(3)5-2;1-2-3-4-6(8)5-7;2*1-3-6(2)4-5-7;2-1-3;;;/h7-12,14-17H,6,13H2,1-5H3;5,7-13,15-16H,6,14H2,1-4H3;6-7,9-11H,5,8H2,1-4H3;4-7,10H,8-9H2,1-3H3;9H,4-8H2,1-3H3;6,8H,2-5H2,1H3;6H,3-5H2,1-2H3;3,6H,1,4-5H2,2H3;;1H4;2*1H/p-2/b9-7-,12-8+,14-10+,15-11+;7-5+,11-8-,12-10+,13-9+;9-6+,10-7+;6-4+,7-5+;;;;;;;;/t16-,17-;15-,16+;11-;10-;9-;3*6-;;;;/m11101000..../s1. The predicted molar refractivity (Wildman–Crippen MR) is 481 cm³/mol. The fourth-order valence-corrected chi connectivity index (χ4v) is 10.1. The molecule has 10 nitrogen and oxygen atoms in total. The van der Waals surface area contributed by atoms with E-state index in [-0.39, 0.29) is 85.4 Å². The van der Waals surface area contributed by atoms with Crippen LogP contribution in [0.5, 0.6) is 0 Å². The minimum Gasteiger partial charge on any atom is -1.00 e. The highest BCUT2D eigenvalue weighted by molar-refractivity contribution is 14.1. The fraction of sp³-hybridized carbons (Fsp3) is 0.651. The monoisotopic (exact) mass is 2100 g/mol. The number of carbonyl (C=O) groups excluding carboxylic acids is 5. The van der Waals surface area contributed by atoms with E-state index in [1.54, 1.807) is 75.4 Å². The molecule has 102 heavy (non-hydrogen) atoms. The van der Waals surface area contributed by atoms with Gasteiger partial charge in [0, 0.05) is 66.7 Å². The molecular formula is C86H155I6N3O7-2. The maximum atomic E-state index is 11.4. The van der Waals surface area contributed by atoms with E-state index in [1.807, 2.05) is 37.3 Å². The summed E-state index contributed by atoms with van der Waals surface area (Å²) in [4.78, 5) is 57.8. The van der Waals surface area contributed by atoms with Crippen molar-refractivity contribution in [3.05, 3.63) is 158 Å². The van der Waals surface area contributed by atoms with Gasteiger partial charge in [-0.3, -0.25) is 19.2 Å². The topological polar surface area (TPSA) is 125 Å². The zero-order chi connectivity index (χ0) is 77.9. The predicted octanol–water partition coefficient (Wildman–Crippen LogP) is 20.0. The van der Waals surface area contributed by atoms with Crippen molar-refractivity contribution >= 4 is 114 Å². The third-order valence-corrected chi connectivity index (χ3v) is 17.8. The Kier molecular flexibility index (Phi) is 132. The molecule has 0 fully saturated rings. The highest BCUT2D eigenvalue weighted by Crippen LogP contribution is 2.13. The summed E-state index contributed by atoms with van der Waals surface area (Å²) in [5.74, 6) is 6.05. The van der Waals surface area contributed by atoms with Crippen molar-refractivity contribution in [2.24, 2.45) is 53.3 Å². The van der Waals surface area contributed by atoms with Crippen molar-refractivity contribution in [1.82, 2.24) is 14.9 Å². The molecular weight excluding hydrogens is 1950 g/mol. The first-order chi connectivity index (χ1) is 47.0. The van der Waals surface area contributed by atoms with Crippen molar-refractivity contribution in [1.29, 1.82) is 0 Å². The first-order valence-corrected chi connectivity index (χ1v) is 42.9. The number of hydrogen-bond acceptors (Lipinski definition) is 7. The van der Waals surface area contributed by atoms with Crippen LogP contribution in [0.2, 0.25) is 0 Å². The van der Waals surface area contributed by atoms with Gasteiger partial charge in [-0.25, -0.2) is 5.06 Å². The van der Waals surface area contributed by atoms with Gasteiger partial charge in [0.15, 0.2) is 0 Å². The van der Waals surface area contributed by atoms with Crippen LogP contribution in [0.1, 0.15) is 241 Å². The zero-order valence-corrected chi connectivity index (χ0v) is 80.9. The molecule has 0 aliphatic carbocycles. The Labute approximate surface area is 721 Å². The Morgan fingerprint density at radius 2 is 0.784 bits per heavy atom. The van der Waals surface area contributed by atoms with E-state index >= 15 is 0 Å². The molecule has 0 aromatic carbocycles. The number of halogens is 6. The van der Waals surface area contributed by atoms with Crippen molar-refractivity contribution in [2.45, 2.75) is 247 Å². The summed E-state index contributed by atoms with van der Waals surface area (Å²) in [5.41, 5.74) is 0. The van der Waals surface area contributed by atoms with Gasteiger partial charge in [-0.15, -0.1) is 6.58 Å². The summed E-state index contributed by atoms with van der Waals surface area (Å²) < 4.78 is 4.60. The first kappa shape index (κ1) is 127. The summed E-state index contributed by atoms with van der Waals surface area (Å²) in [6, 6.07) is 0. The molecule has 0 aromatic rings. The summed E-state index contributed by atoms with van der Waals surface area (Å²) in [5, 5.41) is 10.2. The van der Waals surface area contributed by atoms with E-state index in [9.17, 15) is 14.4 Å². The van der Waals surface area contributed by atoms with Gasteiger partial charge in [0.25, 0.3) is 5.91 Å². The molecule has 0 unspecified atom stereocenters. The normalized spacial score (nSPS) is 13.9. The Hall–Kier alpha value is -1.29. The van der Waals surface area contributed by atoms with E-state index in [0.717, 1.165) is 41.9 Å². The van der Waals surface area contributed by atoms with Gasteiger partial charge < -0.3 is 62.9 Å². The largest absolute Gasteiger partial charge is 1.00 e. The maximum absolute atomic E-state index is 11.4. The lowest BCUT2D eigenvalue weighted by Crippen LogP contribution is -3.00. The molecule has 0 rings (SSSR count). The molecule has 1 N–H and O–H groups in total. The van der Waals surface area contributed by atoms with Crippen molar-refractivity contribution in [3.8, 4) is 0 Å². The number of carbonyl (C=O) groups is 3. The van der Waals surface area contributed by atoms with Gasteiger partial charge in [0.1, 0.15) is 0 Å². The SMILES string of the molecule is C.C/C=C/C=C/[C@H](C)C/C=C\C=C\[C@H](C)CC.C=C[C@H](C)CCI.CCCCC[C@H](C)CC.CCCC[C@H](O)CI.CCC[C@@H](C)/C=C/C=C/C(=O)N(C)C.CC[C@@H](C)/C=C/C=C\C[C@@H](C)/C=C/C=C/C(=O)N(C)OC.CC[C@H](C)CCI.C[C@@H](/C=C/C=C/C(=O)N(C)C)CCI.O=C=O.[I-].[I-]. The number of aliphatic hydroxyl groups excluding tert-OH is 1. The molecule has 0 radical (unpaired) electrons. The van der Waals surface area contributed by atoms with Crippen LogP contribution in [0.4, 0.5) is 0 Å². The van der Waals surface area contributed by atoms with Crippen LogP contribution >= 0.6 is 90.4 Å². The molecule has 600 valence electrons. The second kappa shape index (κ2) is 106. The van der Waals surface area contributed by atoms with Gasteiger partial charge in [0.05, 0.1) is 13.2 Å². The van der Waals surface area contributed by atoms with E-state index in [1.165, 1.54) is 121 Å². The maximum Gasteiger partial charge on any atom is 0.373 e. The Bertz CT molecular complexity index is 2120. The van der Waals surface area contributed by atoms with Gasteiger partial charge in [-0.05, 0) is 110 Å². The number of unbranched alkanes of at least 4 members (excludes halogenated alkanes) is 3. The van der Waals surface area contributed by atoms with Gasteiger partial charge in [-0.2, -0.15) is 9.59 Å². The molecule has 0 aliphatic rings. The Morgan fingerprint density at radius 3 is 1.09 bits per heavy atom. The van der Waals surface area contributed by atoms with Gasteiger partial charge >= 0.3 is 6.15 Å². The van der Waals surface area contributed by atoms with Crippen molar-refractivity contribution in [2.75, 3.05) is 60.1 Å². The number of nitrogens with zero attached hydrogens (tertiary/aromatic N) is 3. The number of hydroxylamine groups is 2. The smallest absolute Gasteiger partial charge is 0.373 e. The lowest BCUT2D eigenvalue weighted by molar-refractivity contribution is -0.191. The van der Waals surface area contributed by atoms with E-state index in [0.29, 0.717) is 41.4 Å². The average molecular weight is 2100 g/mol. The minimum absolute atomic E-state index is 0. The number of alkyl halides is 4. The first-order valence-electron chi connectivity index (χ1n) is 36.8. The van der Waals surface area contributed by atoms with Crippen molar-refractivity contribution in [3.63, 3.8) is 0 Å². The van der Waals surface area contributed by atoms with Crippen LogP contribution in [0.3, 0.4) is 0 Å². The molecule has 0 saturated heterocycles. The highest BCUT2D eigenvalue weighted by Gasteiger charge is 2.03. The van der Waals surface area contributed by atoms with Crippen LogP contribution in [0.25, 0.3) is 0 Å². The molecule has 0 spiro atoms. The molecule has 0 aromatic heterocycles. The van der Waals surface area contributed by atoms with Crippen LogP contribution < -0.4 is 48.0 Å². The number of hydrogen-bond donors (Lipinski definition) is 1.